The fourth-order valence-corrected chi connectivity index (χ4v) is 1.82. The van der Waals surface area contributed by atoms with Gasteiger partial charge in [-0.15, -0.1) is 0 Å². The van der Waals surface area contributed by atoms with Crippen LogP contribution in [0.3, 0.4) is 0 Å². The van der Waals surface area contributed by atoms with Crippen LogP contribution in [-0.4, -0.2) is 22.9 Å². The molecule has 5 heteroatoms. The quantitative estimate of drug-likeness (QED) is 0.883. The van der Waals surface area contributed by atoms with Crippen LogP contribution in [-0.2, 0) is 6.54 Å². The number of rotatable bonds is 6. The van der Waals surface area contributed by atoms with Crippen molar-refractivity contribution in [2.24, 2.45) is 11.7 Å². The van der Waals surface area contributed by atoms with Crippen LogP contribution in [0, 0.1) is 11.7 Å². The second kappa shape index (κ2) is 6.52. The largest absolute Gasteiger partial charge is 0.490 e. The fraction of sp³-hybridized carbons (Fsp3) is 0.400. The molecule has 0 aliphatic heterocycles. The summed E-state index contributed by atoms with van der Waals surface area (Å²) in [5, 5.41) is 4.21. The van der Waals surface area contributed by atoms with Gasteiger partial charge in [0.05, 0.1) is 19.3 Å². The molecule has 0 bridgehead atoms. The Hall–Kier alpha value is -1.88. The molecule has 20 heavy (non-hydrogen) atoms. The maximum atomic E-state index is 13.7. The minimum absolute atomic E-state index is 0.280. The van der Waals surface area contributed by atoms with E-state index < -0.39 is 0 Å². The molecule has 0 aliphatic carbocycles. The van der Waals surface area contributed by atoms with E-state index in [4.69, 9.17) is 10.5 Å². The van der Waals surface area contributed by atoms with Crippen LogP contribution in [0.1, 0.15) is 13.8 Å². The normalized spacial score (nSPS) is 11.1. The van der Waals surface area contributed by atoms with Gasteiger partial charge in [-0.05, 0) is 23.6 Å². The molecule has 2 aromatic rings. The van der Waals surface area contributed by atoms with Crippen LogP contribution in [0.25, 0.3) is 11.1 Å². The standard InChI is InChI=1S/C15H20FN3O/c1-11(2)10-20-15-7-12(3-4-14(15)16)13-8-18-19(9-13)6-5-17/h3-4,7-9,11H,5-6,10,17H2,1-2H3. The molecule has 0 fully saturated rings. The lowest BCUT2D eigenvalue weighted by molar-refractivity contribution is 0.259. The lowest BCUT2D eigenvalue weighted by atomic mass is 10.1. The maximum Gasteiger partial charge on any atom is 0.165 e. The number of hydrogen-bond acceptors (Lipinski definition) is 3. The summed E-state index contributed by atoms with van der Waals surface area (Å²) in [7, 11) is 0. The second-order valence-corrected chi connectivity index (χ2v) is 5.13. The molecule has 1 aromatic carbocycles. The predicted molar refractivity (Wildman–Crippen MR) is 77.0 cm³/mol. The molecule has 0 aliphatic rings. The Bertz CT molecular complexity index is 566. The van der Waals surface area contributed by atoms with Gasteiger partial charge in [-0.1, -0.05) is 19.9 Å². The minimum atomic E-state index is -0.344. The van der Waals surface area contributed by atoms with E-state index >= 15 is 0 Å². The van der Waals surface area contributed by atoms with Crippen molar-refractivity contribution in [2.75, 3.05) is 13.2 Å². The molecule has 0 unspecified atom stereocenters. The Morgan fingerprint density at radius 3 is 2.85 bits per heavy atom. The monoisotopic (exact) mass is 277 g/mol. The van der Waals surface area contributed by atoms with Crippen molar-refractivity contribution in [3.05, 3.63) is 36.4 Å². The number of halogens is 1. The van der Waals surface area contributed by atoms with Crippen molar-refractivity contribution >= 4 is 0 Å². The molecular weight excluding hydrogens is 257 g/mol. The summed E-state index contributed by atoms with van der Waals surface area (Å²) < 4.78 is 21.0. The first-order valence-corrected chi connectivity index (χ1v) is 6.75. The van der Waals surface area contributed by atoms with Gasteiger partial charge in [0.2, 0.25) is 0 Å². The number of aromatic nitrogens is 2. The van der Waals surface area contributed by atoms with Gasteiger partial charge in [0.25, 0.3) is 0 Å². The van der Waals surface area contributed by atoms with Crippen LogP contribution in [0.5, 0.6) is 5.75 Å². The summed E-state index contributed by atoms with van der Waals surface area (Å²) >= 11 is 0. The Kier molecular flexibility index (Phi) is 4.74. The Balaban J connectivity index is 2.20. The van der Waals surface area contributed by atoms with Gasteiger partial charge in [-0.3, -0.25) is 4.68 Å². The third-order valence-corrected chi connectivity index (χ3v) is 2.83. The highest BCUT2D eigenvalue weighted by Gasteiger charge is 2.09. The summed E-state index contributed by atoms with van der Waals surface area (Å²) in [6.45, 7) is 5.75. The van der Waals surface area contributed by atoms with Crippen LogP contribution in [0.15, 0.2) is 30.6 Å². The van der Waals surface area contributed by atoms with Gasteiger partial charge in [-0.25, -0.2) is 4.39 Å². The highest BCUT2D eigenvalue weighted by atomic mass is 19.1. The van der Waals surface area contributed by atoms with Crippen molar-refractivity contribution in [3.8, 4) is 16.9 Å². The van der Waals surface area contributed by atoms with Gasteiger partial charge in [0.15, 0.2) is 11.6 Å². The molecule has 1 heterocycles. The van der Waals surface area contributed by atoms with Crippen molar-refractivity contribution in [3.63, 3.8) is 0 Å². The van der Waals surface area contributed by atoms with Gasteiger partial charge < -0.3 is 10.5 Å². The van der Waals surface area contributed by atoms with E-state index in [9.17, 15) is 4.39 Å². The minimum Gasteiger partial charge on any atom is -0.490 e. The molecule has 0 radical (unpaired) electrons. The number of benzene rings is 1. The average molecular weight is 277 g/mol. The summed E-state index contributed by atoms with van der Waals surface area (Å²) in [5.41, 5.74) is 7.30. The Morgan fingerprint density at radius 1 is 1.35 bits per heavy atom. The van der Waals surface area contributed by atoms with E-state index in [0.717, 1.165) is 11.1 Å². The molecule has 0 saturated heterocycles. The zero-order chi connectivity index (χ0) is 14.5. The molecule has 2 N–H and O–H groups in total. The molecule has 4 nitrogen and oxygen atoms in total. The lowest BCUT2D eigenvalue weighted by Gasteiger charge is -2.10. The van der Waals surface area contributed by atoms with Gasteiger partial charge in [0.1, 0.15) is 0 Å². The van der Waals surface area contributed by atoms with E-state index in [1.54, 1.807) is 23.0 Å². The first-order valence-electron chi connectivity index (χ1n) is 6.75. The number of ether oxygens (including phenoxy) is 1. The maximum absolute atomic E-state index is 13.7. The van der Waals surface area contributed by atoms with E-state index in [2.05, 4.69) is 5.10 Å². The lowest BCUT2D eigenvalue weighted by Crippen LogP contribution is -2.09. The molecule has 0 amide bonds. The molecular formula is C15H20FN3O. The molecule has 0 spiro atoms. The van der Waals surface area contributed by atoms with Crippen molar-refractivity contribution < 1.29 is 9.13 Å². The first kappa shape index (κ1) is 14.5. The Morgan fingerprint density at radius 2 is 2.15 bits per heavy atom. The van der Waals surface area contributed by atoms with Gasteiger partial charge in [0, 0.05) is 18.3 Å². The van der Waals surface area contributed by atoms with Crippen LogP contribution >= 0.6 is 0 Å². The first-order chi connectivity index (χ1) is 9.60. The van der Waals surface area contributed by atoms with Crippen molar-refractivity contribution in [1.82, 2.24) is 9.78 Å². The molecule has 0 saturated carbocycles. The molecule has 108 valence electrons. The van der Waals surface area contributed by atoms with Crippen LogP contribution in [0.2, 0.25) is 0 Å². The number of nitrogens with zero attached hydrogens (tertiary/aromatic N) is 2. The second-order valence-electron chi connectivity index (χ2n) is 5.13. The van der Waals surface area contributed by atoms with Crippen molar-refractivity contribution in [2.45, 2.75) is 20.4 Å². The van der Waals surface area contributed by atoms with Gasteiger partial charge in [-0.2, -0.15) is 5.10 Å². The Labute approximate surface area is 118 Å². The third-order valence-electron chi connectivity index (χ3n) is 2.83. The molecule has 0 atom stereocenters. The van der Waals surface area contributed by atoms with Crippen LogP contribution in [0.4, 0.5) is 4.39 Å². The summed E-state index contributed by atoms with van der Waals surface area (Å²) in [6.07, 6.45) is 3.64. The number of hydrogen-bond donors (Lipinski definition) is 1. The van der Waals surface area contributed by atoms with E-state index in [-0.39, 0.29) is 11.6 Å². The zero-order valence-corrected chi connectivity index (χ0v) is 11.8. The average Bonchev–Trinajstić information content (AvgIpc) is 2.87. The smallest absolute Gasteiger partial charge is 0.165 e. The summed E-state index contributed by atoms with van der Waals surface area (Å²) in [6, 6.07) is 4.86. The van der Waals surface area contributed by atoms with Gasteiger partial charge >= 0.3 is 0 Å². The fourth-order valence-electron chi connectivity index (χ4n) is 1.82. The van der Waals surface area contributed by atoms with E-state index in [1.807, 2.05) is 20.0 Å². The number of nitrogens with two attached hydrogens (primary N) is 1. The highest BCUT2D eigenvalue weighted by Crippen LogP contribution is 2.26. The third kappa shape index (κ3) is 3.57. The molecule has 1 aromatic heterocycles. The highest BCUT2D eigenvalue weighted by molar-refractivity contribution is 5.63. The topological polar surface area (TPSA) is 53.1 Å². The SMILES string of the molecule is CC(C)COc1cc(-c2cnn(CCN)c2)ccc1F. The predicted octanol–water partition coefficient (Wildman–Crippen LogP) is 2.68. The summed E-state index contributed by atoms with van der Waals surface area (Å²) in [4.78, 5) is 0. The zero-order valence-electron chi connectivity index (χ0n) is 11.8. The van der Waals surface area contributed by atoms with Crippen LogP contribution < -0.4 is 10.5 Å². The van der Waals surface area contributed by atoms with Crippen molar-refractivity contribution in [1.29, 1.82) is 0 Å². The van der Waals surface area contributed by atoms with E-state index in [0.29, 0.717) is 25.6 Å². The van der Waals surface area contributed by atoms with E-state index in [1.165, 1.54) is 6.07 Å². The summed E-state index contributed by atoms with van der Waals surface area (Å²) in [5.74, 6) is 0.289. The molecule has 2 rings (SSSR count).